The van der Waals surface area contributed by atoms with Crippen LogP contribution in [0.3, 0.4) is 0 Å². The Morgan fingerprint density at radius 3 is 3.00 bits per heavy atom. The molecule has 1 aliphatic heterocycles. The molecule has 0 spiro atoms. The Hall–Kier alpha value is -0.120. The first kappa shape index (κ1) is 8.97. The van der Waals surface area contributed by atoms with Crippen LogP contribution >= 0.6 is 0 Å². The molecule has 3 nitrogen and oxygen atoms in total. The predicted molar refractivity (Wildman–Crippen MR) is 44.1 cm³/mol. The molecule has 0 aromatic heterocycles. The third-order valence-corrected chi connectivity index (χ3v) is 2.41. The zero-order valence-electron chi connectivity index (χ0n) is 7.13. The Bertz CT molecular complexity index is 108. The molecule has 0 bridgehead atoms. The van der Waals surface area contributed by atoms with E-state index >= 15 is 0 Å². The van der Waals surface area contributed by atoms with Gasteiger partial charge < -0.3 is 10.8 Å². The van der Waals surface area contributed by atoms with Crippen molar-refractivity contribution >= 4 is 0 Å². The summed E-state index contributed by atoms with van der Waals surface area (Å²) in [4.78, 5) is 2.38. The fourth-order valence-electron chi connectivity index (χ4n) is 1.71. The van der Waals surface area contributed by atoms with E-state index in [4.69, 9.17) is 5.11 Å². The van der Waals surface area contributed by atoms with E-state index in [9.17, 15) is 0 Å². The molecule has 0 aromatic carbocycles. The topological polar surface area (TPSA) is 51.1 Å². The first-order valence-electron chi connectivity index (χ1n) is 4.52. The van der Waals surface area contributed by atoms with Gasteiger partial charge in [0, 0.05) is 19.0 Å². The minimum Gasteiger partial charge on any atom is -0.395 e. The summed E-state index contributed by atoms with van der Waals surface area (Å²) in [6.45, 7) is 3.63. The van der Waals surface area contributed by atoms with Crippen LogP contribution in [0.4, 0.5) is 0 Å². The van der Waals surface area contributed by atoms with Crippen molar-refractivity contribution in [2.75, 3.05) is 26.2 Å². The van der Waals surface area contributed by atoms with E-state index in [-0.39, 0.29) is 0 Å². The second-order valence-electron chi connectivity index (χ2n) is 3.22. The van der Waals surface area contributed by atoms with Gasteiger partial charge in [-0.15, -0.1) is 0 Å². The minimum absolute atomic E-state index is 0.330. The molecule has 1 rings (SSSR count). The number of hydrogen-bond acceptors (Lipinski definition) is 2. The standard InChI is InChI=1S/C8H18N2O/c9-4-2-6-10-5-1-3-8(10)7-11/h8,11H,1-7,9H2/p+1/t8-/m1/s1. The highest BCUT2D eigenvalue weighted by Gasteiger charge is 2.22. The smallest absolute Gasteiger partial charge is 0.0752 e. The number of aliphatic hydroxyl groups excluding tert-OH is 1. The summed E-state index contributed by atoms with van der Waals surface area (Å²) in [6.07, 6.45) is 3.59. The van der Waals surface area contributed by atoms with Gasteiger partial charge in [0.05, 0.1) is 13.2 Å². The van der Waals surface area contributed by atoms with Crippen LogP contribution in [-0.4, -0.2) is 42.3 Å². The van der Waals surface area contributed by atoms with Gasteiger partial charge in [-0.3, -0.25) is 4.90 Å². The molecule has 1 heterocycles. The summed E-state index contributed by atoms with van der Waals surface area (Å²) in [7, 11) is 0. The Labute approximate surface area is 68.2 Å². The Kier molecular flexibility index (Phi) is 3.83. The van der Waals surface area contributed by atoms with E-state index in [1.807, 2.05) is 0 Å². The summed E-state index contributed by atoms with van der Waals surface area (Å²) in [6, 6.07) is 0.446. The molecular weight excluding hydrogens is 140 g/mol. The molecule has 4 N–H and O–H groups in total. The van der Waals surface area contributed by atoms with Crippen molar-refractivity contribution in [1.29, 1.82) is 0 Å². The van der Waals surface area contributed by atoms with Crippen molar-refractivity contribution in [2.45, 2.75) is 25.3 Å². The molecule has 1 aliphatic rings. The van der Waals surface area contributed by atoms with Gasteiger partial charge in [-0.2, -0.15) is 0 Å². The Morgan fingerprint density at radius 1 is 1.55 bits per heavy atom. The maximum absolute atomic E-state index is 8.98. The molecular formula is C8H19N2O+. The van der Waals surface area contributed by atoms with Crippen LogP contribution in [0, 0.1) is 0 Å². The molecule has 0 unspecified atom stereocenters. The third-order valence-electron chi connectivity index (χ3n) is 2.41. The van der Waals surface area contributed by atoms with E-state index in [0.717, 1.165) is 19.5 Å². The normalized spacial score (nSPS) is 26.2. The number of hydrogen-bond donors (Lipinski definition) is 2. The van der Waals surface area contributed by atoms with Crippen LogP contribution in [-0.2, 0) is 0 Å². The largest absolute Gasteiger partial charge is 0.395 e. The van der Waals surface area contributed by atoms with Crippen LogP contribution in [0.5, 0.6) is 0 Å². The van der Waals surface area contributed by atoms with Crippen molar-refractivity contribution < 1.29 is 10.8 Å². The predicted octanol–water partition coefficient (Wildman–Crippen LogP) is -0.925. The van der Waals surface area contributed by atoms with E-state index in [1.54, 1.807) is 0 Å². The van der Waals surface area contributed by atoms with E-state index in [0.29, 0.717) is 12.6 Å². The molecule has 0 amide bonds. The van der Waals surface area contributed by atoms with Crippen LogP contribution in [0.15, 0.2) is 0 Å². The number of rotatable bonds is 4. The van der Waals surface area contributed by atoms with Gasteiger partial charge in [0.2, 0.25) is 0 Å². The highest BCUT2D eigenvalue weighted by molar-refractivity contribution is 4.77. The van der Waals surface area contributed by atoms with Gasteiger partial charge in [-0.1, -0.05) is 0 Å². The average molecular weight is 159 g/mol. The van der Waals surface area contributed by atoms with Crippen molar-refractivity contribution in [3.63, 3.8) is 0 Å². The zero-order valence-corrected chi connectivity index (χ0v) is 7.13. The number of quaternary nitrogens is 1. The zero-order chi connectivity index (χ0) is 8.10. The highest BCUT2D eigenvalue weighted by atomic mass is 16.3. The Balaban J connectivity index is 2.20. The van der Waals surface area contributed by atoms with Gasteiger partial charge >= 0.3 is 0 Å². The molecule has 0 aliphatic carbocycles. The van der Waals surface area contributed by atoms with Crippen LogP contribution < -0.4 is 5.73 Å². The fourth-order valence-corrected chi connectivity index (χ4v) is 1.71. The first-order chi connectivity index (χ1) is 5.38. The molecule has 0 radical (unpaired) electrons. The molecule has 11 heavy (non-hydrogen) atoms. The number of nitrogens with zero attached hydrogens (tertiary/aromatic N) is 1. The molecule has 1 atom stereocenters. The summed E-state index contributed by atoms with van der Waals surface area (Å²) < 4.78 is 0. The molecule has 66 valence electrons. The van der Waals surface area contributed by atoms with Crippen molar-refractivity contribution in [3.05, 3.63) is 0 Å². The Morgan fingerprint density at radius 2 is 2.36 bits per heavy atom. The summed E-state index contributed by atoms with van der Waals surface area (Å²) in [5.74, 6) is 0. The van der Waals surface area contributed by atoms with Crippen molar-refractivity contribution in [1.82, 2.24) is 4.90 Å². The monoisotopic (exact) mass is 159 g/mol. The lowest BCUT2D eigenvalue weighted by molar-refractivity contribution is -0.368. The molecule has 3 heteroatoms. The van der Waals surface area contributed by atoms with Gasteiger partial charge in [-0.05, 0) is 19.4 Å². The van der Waals surface area contributed by atoms with Crippen molar-refractivity contribution in [3.8, 4) is 0 Å². The third kappa shape index (κ3) is 2.43. The number of aliphatic hydroxyl groups is 1. The quantitative estimate of drug-likeness (QED) is 0.557. The highest BCUT2D eigenvalue weighted by Crippen LogP contribution is 2.15. The first-order valence-corrected chi connectivity index (χ1v) is 4.52. The fraction of sp³-hybridized carbons (Fsp3) is 1.00. The molecule has 1 saturated heterocycles. The van der Waals surface area contributed by atoms with Crippen LogP contribution in [0.1, 0.15) is 19.3 Å². The van der Waals surface area contributed by atoms with E-state index < -0.39 is 0 Å². The molecule has 0 aromatic rings. The van der Waals surface area contributed by atoms with Gasteiger partial charge in [0.15, 0.2) is 0 Å². The van der Waals surface area contributed by atoms with Gasteiger partial charge in [0.25, 0.3) is 0 Å². The van der Waals surface area contributed by atoms with Gasteiger partial charge in [0.1, 0.15) is 0 Å². The summed E-state index contributed by atoms with van der Waals surface area (Å²) in [5, 5.41) is 8.98. The maximum atomic E-state index is 8.98. The van der Waals surface area contributed by atoms with Gasteiger partial charge in [-0.25, -0.2) is 0 Å². The van der Waals surface area contributed by atoms with E-state index in [2.05, 4.69) is 10.6 Å². The second kappa shape index (κ2) is 4.70. The lowest BCUT2D eigenvalue weighted by Gasteiger charge is -2.21. The second-order valence-corrected chi connectivity index (χ2v) is 3.22. The van der Waals surface area contributed by atoms with Crippen LogP contribution in [0.25, 0.3) is 0 Å². The van der Waals surface area contributed by atoms with E-state index in [1.165, 1.54) is 19.4 Å². The molecule has 0 saturated carbocycles. The molecule has 1 fully saturated rings. The number of likely N-dealkylation sites (tertiary alicyclic amines) is 1. The summed E-state index contributed by atoms with van der Waals surface area (Å²) in [5.41, 5.74) is 3.81. The van der Waals surface area contributed by atoms with Crippen LogP contribution in [0.2, 0.25) is 0 Å². The lowest BCUT2D eigenvalue weighted by Crippen LogP contribution is -2.51. The lowest BCUT2D eigenvalue weighted by atomic mass is 10.2. The average Bonchev–Trinajstić information content (AvgIpc) is 2.47. The summed E-state index contributed by atoms with van der Waals surface area (Å²) >= 11 is 0. The SMILES string of the molecule is [NH3+]CCCN1CCC[C@@H]1CO. The van der Waals surface area contributed by atoms with Crippen molar-refractivity contribution in [2.24, 2.45) is 0 Å². The minimum atomic E-state index is 0.330. The maximum Gasteiger partial charge on any atom is 0.0752 e.